The smallest absolute Gasteiger partial charge is 0.0594 e. The maximum Gasteiger partial charge on any atom is 0.0594 e. The van der Waals surface area contributed by atoms with Crippen molar-refractivity contribution in [3.05, 3.63) is 11.6 Å². The van der Waals surface area contributed by atoms with Crippen LogP contribution in [0.25, 0.3) is 0 Å². The molecule has 5 heteroatoms. The van der Waals surface area contributed by atoms with Crippen LogP contribution in [0.3, 0.4) is 0 Å². The Hall–Kier alpha value is -0.550. The molecular formula is C10H21N3OS. The van der Waals surface area contributed by atoms with E-state index >= 15 is 0 Å². The lowest BCUT2D eigenvalue weighted by Crippen LogP contribution is -1.95. The SMILES string of the molecule is C1=CSNN=N1.CCCCOCCCC. The van der Waals surface area contributed by atoms with Gasteiger partial charge in [0.25, 0.3) is 0 Å². The highest BCUT2D eigenvalue weighted by molar-refractivity contribution is 8.00. The Balaban J connectivity index is 0.000000280. The van der Waals surface area contributed by atoms with Crippen molar-refractivity contribution in [2.24, 2.45) is 10.3 Å². The van der Waals surface area contributed by atoms with Crippen molar-refractivity contribution in [2.75, 3.05) is 13.2 Å². The van der Waals surface area contributed by atoms with Gasteiger partial charge in [-0.05, 0) is 24.8 Å². The molecule has 0 aliphatic carbocycles. The van der Waals surface area contributed by atoms with Crippen molar-refractivity contribution in [1.29, 1.82) is 0 Å². The van der Waals surface area contributed by atoms with Gasteiger partial charge in [-0.25, -0.2) is 4.83 Å². The molecule has 88 valence electrons. The second kappa shape index (κ2) is 13.4. The van der Waals surface area contributed by atoms with E-state index in [1.165, 1.54) is 37.6 Å². The molecule has 1 aliphatic rings. The molecule has 4 nitrogen and oxygen atoms in total. The zero-order valence-electron chi connectivity index (χ0n) is 9.61. The van der Waals surface area contributed by atoms with Gasteiger partial charge in [0, 0.05) is 18.6 Å². The maximum absolute atomic E-state index is 5.31. The van der Waals surface area contributed by atoms with Crippen LogP contribution >= 0.6 is 11.9 Å². The first kappa shape index (κ1) is 14.5. The summed E-state index contributed by atoms with van der Waals surface area (Å²) in [5, 5.41) is 8.73. The predicted octanol–water partition coefficient (Wildman–Crippen LogP) is 3.68. The third-order valence-corrected chi connectivity index (χ3v) is 2.08. The van der Waals surface area contributed by atoms with E-state index in [0.717, 1.165) is 13.2 Å². The van der Waals surface area contributed by atoms with Crippen LogP contribution in [0.5, 0.6) is 0 Å². The highest BCUT2D eigenvalue weighted by Crippen LogP contribution is 1.99. The summed E-state index contributed by atoms with van der Waals surface area (Å²) in [5.74, 6) is 0. The van der Waals surface area contributed by atoms with E-state index < -0.39 is 0 Å². The van der Waals surface area contributed by atoms with E-state index in [-0.39, 0.29) is 0 Å². The van der Waals surface area contributed by atoms with Gasteiger partial charge in [0.05, 0.1) is 6.20 Å². The van der Waals surface area contributed by atoms with Crippen LogP contribution in [0.4, 0.5) is 0 Å². The summed E-state index contributed by atoms with van der Waals surface area (Å²) in [4.78, 5) is 2.57. The second-order valence-electron chi connectivity index (χ2n) is 3.03. The van der Waals surface area contributed by atoms with Gasteiger partial charge in [0.1, 0.15) is 0 Å². The lowest BCUT2D eigenvalue weighted by molar-refractivity contribution is 0.128. The molecule has 0 spiro atoms. The molecular weight excluding hydrogens is 210 g/mol. The number of hydrogen-bond donors (Lipinski definition) is 1. The average molecular weight is 231 g/mol. The molecule has 0 atom stereocenters. The Kier molecular flexibility index (Phi) is 13.0. The van der Waals surface area contributed by atoms with Gasteiger partial charge in [-0.3, -0.25) is 0 Å². The fourth-order valence-corrected chi connectivity index (χ4v) is 1.03. The zero-order chi connectivity index (χ0) is 11.2. The summed E-state index contributed by atoms with van der Waals surface area (Å²) in [6, 6.07) is 0. The minimum absolute atomic E-state index is 0.955. The monoisotopic (exact) mass is 231 g/mol. The minimum atomic E-state index is 0.955. The van der Waals surface area contributed by atoms with Gasteiger partial charge in [0.2, 0.25) is 0 Å². The van der Waals surface area contributed by atoms with E-state index in [9.17, 15) is 0 Å². The van der Waals surface area contributed by atoms with E-state index in [0.29, 0.717) is 0 Å². The first-order valence-corrected chi connectivity index (χ1v) is 6.33. The molecule has 15 heavy (non-hydrogen) atoms. The molecule has 0 radical (unpaired) electrons. The summed E-state index contributed by atoms with van der Waals surface area (Å²) >= 11 is 1.40. The molecule has 0 aromatic rings. The highest BCUT2D eigenvalue weighted by atomic mass is 32.2. The normalized spacial score (nSPS) is 12.9. The molecule has 0 unspecified atom stereocenters. The molecule has 1 rings (SSSR count). The van der Waals surface area contributed by atoms with Crippen LogP contribution in [0, 0.1) is 0 Å². The Morgan fingerprint density at radius 3 is 2.13 bits per heavy atom. The number of unbranched alkanes of at least 4 members (excludes halogenated alkanes) is 2. The zero-order valence-corrected chi connectivity index (χ0v) is 10.4. The Morgan fingerprint density at radius 1 is 1.20 bits per heavy atom. The topological polar surface area (TPSA) is 46.0 Å². The van der Waals surface area contributed by atoms with Crippen molar-refractivity contribution in [3.63, 3.8) is 0 Å². The van der Waals surface area contributed by atoms with Crippen LogP contribution < -0.4 is 4.83 Å². The molecule has 0 amide bonds. The van der Waals surface area contributed by atoms with Crippen LogP contribution in [-0.4, -0.2) is 13.2 Å². The van der Waals surface area contributed by atoms with Gasteiger partial charge in [0.15, 0.2) is 0 Å². The van der Waals surface area contributed by atoms with E-state index in [4.69, 9.17) is 4.74 Å². The molecule has 0 fully saturated rings. The van der Waals surface area contributed by atoms with Crippen molar-refractivity contribution >= 4 is 11.9 Å². The largest absolute Gasteiger partial charge is 0.381 e. The molecule has 1 heterocycles. The Labute approximate surface area is 96.7 Å². The van der Waals surface area contributed by atoms with E-state index in [1.807, 2.05) is 5.41 Å². The molecule has 0 bridgehead atoms. The minimum Gasteiger partial charge on any atom is -0.381 e. The number of hydrogen-bond acceptors (Lipinski definition) is 5. The molecule has 0 aromatic heterocycles. The van der Waals surface area contributed by atoms with E-state index in [2.05, 4.69) is 29.0 Å². The third kappa shape index (κ3) is 13.4. The summed E-state index contributed by atoms with van der Waals surface area (Å²) in [7, 11) is 0. The van der Waals surface area contributed by atoms with Gasteiger partial charge in [-0.15, -0.1) is 5.11 Å². The number of nitrogens with zero attached hydrogens (tertiary/aromatic N) is 2. The predicted molar refractivity (Wildman–Crippen MR) is 65.4 cm³/mol. The van der Waals surface area contributed by atoms with Crippen molar-refractivity contribution in [2.45, 2.75) is 39.5 Å². The van der Waals surface area contributed by atoms with E-state index in [1.54, 1.807) is 6.20 Å². The van der Waals surface area contributed by atoms with Crippen LogP contribution in [0.1, 0.15) is 39.5 Å². The Morgan fingerprint density at radius 2 is 1.87 bits per heavy atom. The molecule has 1 N–H and O–H groups in total. The van der Waals surface area contributed by atoms with Gasteiger partial charge >= 0.3 is 0 Å². The number of ether oxygens (including phenoxy) is 1. The standard InChI is InChI=1S/C8H18O.C2H3N3S/c1-3-5-7-9-8-6-4-2;1-2-6-5-4-3-1/h3-8H2,1-2H3;1-2H,(H,3,5). The quantitative estimate of drug-likeness (QED) is 0.560. The highest BCUT2D eigenvalue weighted by Gasteiger charge is 1.84. The molecule has 0 aromatic carbocycles. The third-order valence-electron chi connectivity index (χ3n) is 1.63. The average Bonchev–Trinajstić information content (AvgIpc) is 2.32. The van der Waals surface area contributed by atoms with Crippen molar-refractivity contribution in [3.8, 4) is 0 Å². The number of rotatable bonds is 6. The van der Waals surface area contributed by atoms with Crippen LogP contribution in [0.2, 0.25) is 0 Å². The van der Waals surface area contributed by atoms with Gasteiger partial charge < -0.3 is 4.74 Å². The summed E-state index contributed by atoms with van der Waals surface area (Å²) in [5.41, 5.74) is 0. The molecule has 0 saturated carbocycles. The molecule has 0 saturated heterocycles. The molecule has 1 aliphatic heterocycles. The van der Waals surface area contributed by atoms with Crippen LogP contribution in [0.15, 0.2) is 21.9 Å². The van der Waals surface area contributed by atoms with Crippen LogP contribution in [-0.2, 0) is 4.74 Å². The second-order valence-corrected chi connectivity index (χ2v) is 3.72. The lowest BCUT2D eigenvalue weighted by atomic mass is 10.3. The first-order valence-electron chi connectivity index (χ1n) is 5.45. The summed E-state index contributed by atoms with van der Waals surface area (Å²) in [6.07, 6.45) is 6.53. The Bertz CT molecular complexity index is 156. The maximum atomic E-state index is 5.31. The van der Waals surface area contributed by atoms with Gasteiger partial charge in [-0.2, -0.15) is 0 Å². The summed E-state index contributed by atoms with van der Waals surface area (Å²) < 4.78 is 5.31. The van der Waals surface area contributed by atoms with Gasteiger partial charge in [-0.1, -0.05) is 31.9 Å². The van der Waals surface area contributed by atoms with Crippen molar-refractivity contribution < 1.29 is 4.74 Å². The van der Waals surface area contributed by atoms with Crippen molar-refractivity contribution in [1.82, 2.24) is 4.83 Å². The number of nitrogens with one attached hydrogen (secondary N) is 1. The fourth-order valence-electron chi connectivity index (χ4n) is 0.763. The first-order chi connectivity index (χ1) is 7.41. The fraction of sp³-hybridized carbons (Fsp3) is 0.800. The summed E-state index contributed by atoms with van der Waals surface area (Å²) in [6.45, 7) is 6.28. The lowest BCUT2D eigenvalue weighted by Gasteiger charge is -1.99.